The fraction of sp³-hybridized carbons (Fsp3) is 0.483. The summed E-state index contributed by atoms with van der Waals surface area (Å²) in [5.41, 5.74) is -6.87. The summed E-state index contributed by atoms with van der Waals surface area (Å²) < 4.78 is 110. The molecule has 4 N–H and O–H groups in total. The van der Waals surface area contributed by atoms with Gasteiger partial charge < -0.3 is 40.2 Å². The lowest BCUT2D eigenvalue weighted by Gasteiger charge is -2.34. The number of hydrogen-bond acceptors (Lipinski definition) is 10. The van der Waals surface area contributed by atoms with E-state index in [9.17, 15) is 55.1 Å². The van der Waals surface area contributed by atoms with Crippen LogP contribution in [-0.4, -0.2) is 99.0 Å². The zero-order chi connectivity index (χ0) is 57.7. The molecule has 4 aromatic carbocycles. The summed E-state index contributed by atoms with van der Waals surface area (Å²) in [5.74, 6) is -7.27. The molecule has 426 valence electrons. The third kappa shape index (κ3) is 17.6. The number of ether oxygens (including phenoxy) is 4. The number of esters is 2. The molecule has 0 aliphatic heterocycles. The highest BCUT2D eigenvalue weighted by molar-refractivity contribution is 5.94. The second-order valence-electron chi connectivity index (χ2n) is 19.9. The number of rotatable bonds is 30. The Balaban J connectivity index is 1.60. The molecule has 0 fully saturated rings. The van der Waals surface area contributed by atoms with Gasteiger partial charge in [0.2, 0.25) is 23.6 Å². The minimum Gasteiger partial charge on any atom is -0.461 e. The van der Waals surface area contributed by atoms with Gasteiger partial charge in [0.25, 0.3) is 11.2 Å². The Hall–Kier alpha value is -6.80. The smallest absolute Gasteiger partial charge is 0.432 e. The molecular weight excluding hydrogens is 1030 g/mol. The van der Waals surface area contributed by atoms with Gasteiger partial charge in [-0.1, -0.05) is 169 Å². The van der Waals surface area contributed by atoms with Crippen LogP contribution in [-0.2, 0) is 71.8 Å². The third-order valence-corrected chi connectivity index (χ3v) is 12.9. The van der Waals surface area contributed by atoms with E-state index in [1.54, 1.807) is 88.4 Å². The molecule has 0 aromatic heterocycles. The molecule has 0 aliphatic carbocycles. The van der Waals surface area contributed by atoms with Crippen molar-refractivity contribution in [2.75, 3.05) is 20.8 Å². The highest BCUT2D eigenvalue weighted by Gasteiger charge is 2.65. The van der Waals surface area contributed by atoms with Crippen molar-refractivity contribution in [1.82, 2.24) is 21.3 Å². The maximum atomic E-state index is 14.8. The Labute approximate surface area is 452 Å². The van der Waals surface area contributed by atoms with Gasteiger partial charge in [-0.15, -0.1) is 0 Å². The molecule has 0 saturated heterocycles. The normalized spacial score (nSPS) is 15.3. The van der Waals surface area contributed by atoms with Gasteiger partial charge >= 0.3 is 24.3 Å². The van der Waals surface area contributed by atoms with E-state index in [0.29, 0.717) is 30.4 Å². The van der Waals surface area contributed by atoms with Crippen LogP contribution >= 0.6 is 0 Å². The molecule has 78 heavy (non-hydrogen) atoms. The van der Waals surface area contributed by atoms with Crippen LogP contribution in [0.4, 0.5) is 26.3 Å². The van der Waals surface area contributed by atoms with Gasteiger partial charge in [-0.3, -0.25) is 19.2 Å². The first-order chi connectivity index (χ1) is 36.9. The second-order valence-corrected chi connectivity index (χ2v) is 19.9. The Morgan fingerprint density at radius 2 is 0.923 bits per heavy atom. The summed E-state index contributed by atoms with van der Waals surface area (Å²) in [4.78, 5) is 84.5. The van der Waals surface area contributed by atoms with Crippen molar-refractivity contribution in [3.63, 3.8) is 0 Å². The van der Waals surface area contributed by atoms with Crippen LogP contribution in [0.1, 0.15) is 102 Å². The van der Waals surface area contributed by atoms with Gasteiger partial charge in [0.1, 0.15) is 30.8 Å². The zero-order valence-electron chi connectivity index (χ0n) is 45.0. The van der Waals surface area contributed by atoms with Crippen LogP contribution in [0.15, 0.2) is 121 Å². The summed E-state index contributed by atoms with van der Waals surface area (Å²) in [7, 11) is 1.47. The van der Waals surface area contributed by atoms with Crippen molar-refractivity contribution in [3.8, 4) is 0 Å². The number of halogens is 6. The predicted octanol–water partition coefficient (Wildman–Crippen LogP) is 9.14. The van der Waals surface area contributed by atoms with Gasteiger partial charge in [0.15, 0.2) is 0 Å². The van der Waals surface area contributed by atoms with Crippen LogP contribution in [0.5, 0.6) is 0 Å². The lowest BCUT2D eigenvalue weighted by Crippen LogP contribution is -2.58. The molecule has 0 spiro atoms. The van der Waals surface area contributed by atoms with E-state index in [0.717, 1.165) is 38.5 Å². The fourth-order valence-corrected chi connectivity index (χ4v) is 8.93. The highest BCUT2D eigenvalue weighted by atomic mass is 19.4. The van der Waals surface area contributed by atoms with Crippen LogP contribution in [0, 0.1) is 11.8 Å². The van der Waals surface area contributed by atoms with Crippen LogP contribution in [0.3, 0.4) is 0 Å². The van der Waals surface area contributed by atoms with Crippen molar-refractivity contribution < 1.29 is 74.1 Å². The lowest BCUT2D eigenvalue weighted by molar-refractivity contribution is -0.278. The molecule has 0 saturated carbocycles. The minimum absolute atomic E-state index is 0.00388. The monoisotopic (exact) mass is 1100 g/mol. The molecule has 4 aromatic rings. The molecule has 0 bridgehead atoms. The molecule has 0 unspecified atom stereocenters. The van der Waals surface area contributed by atoms with Gasteiger partial charge in [-0.25, -0.2) is 9.59 Å². The van der Waals surface area contributed by atoms with Gasteiger partial charge in [-0.2, -0.15) is 26.3 Å². The second kappa shape index (κ2) is 29.8. The van der Waals surface area contributed by atoms with Crippen molar-refractivity contribution in [1.29, 1.82) is 0 Å². The van der Waals surface area contributed by atoms with Crippen molar-refractivity contribution in [3.05, 3.63) is 144 Å². The quantitative estimate of drug-likeness (QED) is 0.0223. The molecule has 4 rings (SSSR count). The molecule has 7 atom stereocenters. The molecule has 0 aliphatic rings. The number of nitrogens with one attached hydrogen (secondary N) is 4. The van der Waals surface area contributed by atoms with Crippen molar-refractivity contribution in [2.45, 2.75) is 146 Å². The Kier molecular flexibility index (Phi) is 24.4. The molecular formula is C58H72F6N4O10. The van der Waals surface area contributed by atoms with E-state index in [-0.39, 0.29) is 43.9 Å². The SMILES string of the molecule is CCCCC[C@H](CC(=O)N[C@@H](CC(C)C)C(=O)N[C@H](Cc1ccccc1)C(=O)N[C@@H](CC(C)C)C(=O)N[C@H](COC(=O)[C@@](OC)(c1ccccc1)C(F)(F)F)Cc1ccccc1)OC(=O)[C@](OC)(c1ccccc1)C(F)(F)F. The summed E-state index contributed by atoms with van der Waals surface area (Å²) in [5, 5.41) is 10.9. The molecule has 4 amide bonds. The number of carbonyl (C=O) groups is 6. The number of alkyl halides is 6. The van der Waals surface area contributed by atoms with E-state index in [4.69, 9.17) is 18.9 Å². The number of hydrogen-bond donors (Lipinski definition) is 4. The van der Waals surface area contributed by atoms with Crippen LogP contribution in [0.25, 0.3) is 0 Å². The van der Waals surface area contributed by atoms with Gasteiger partial charge in [-0.05, 0) is 55.1 Å². The van der Waals surface area contributed by atoms with E-state index in [2.05, 4.69) is 21.3 Å². The number of carbonyl (C=O) groups excluding carboxylic acids is 6. The summed E-state index contributed by atoms with van der Waals surface area (Å²) in [6.07, 6.45) is -10.9. The lowest BCUT2D eigenvalue weighted by atomic mass is 9.92. The fourth-order valence-electron chi connectivity index (χ4n) is 8.93. The Morgan fingerprint density at radius 3 is 1.37 bits per heavy atom. The molecule has 14 nitrogen and oxygen atoms in total. The average Bonchev–Trinajstić information content (AvgIpc) is 3.52. The predicted molar refractivity (Wildman–Crippen MR) is 279 cm³/mol. The first-order valence-electron chi connectivity index (χ1n) is 25.9. The highest BCUT2D eigenvalue weighted by Crippen LogP contribution is 2.44. The van der Waals surface area contributed by atoms with Crippen LogP contribution < -0.4 is 21.3 Å². The molecule has 20 heteroatoms. The van der Waals surface area contributed by atoms with E-state index in [1.165, 1.54) is 36.4 Å². The minimum atomic E-state index is -5.27. The summed E-state index contributed by atoms with van der Waals surface area (Å²) in [6, 6.07) is 24.5. The standard InChI is InChI=1S/C58H72F6N4O10/c1-8-9-14-31-45(78-54(74)56(76-7,58(62,63)64)43-29-21-13-22-30-43)36-49(69)66-46(32-38(2)3)51(71)68-48(35-41-25-17-11-18-26-41)52(72)67-47(33-39(4)5)50(70)65-44(34-40-23-15-10-16-24-40)37-77-53(73)55(75-6,57(59,60)61)42-27-19-12-20-28-42/h10-13,15-30,38-39,44-48H,8-9,14,31-37H2,1-7H3,(H,65,70)(H,66,69)(H,67,72)(H,68,71)/t44-,45+,46-,47-,48+,55-,56+/m0/s1. The summed E-state index contributed by atoms with van der Waals surface area (Å²) >= 11 is 0. The first-order valence-corrected chi connectivity index (χ1v) is 25.9. The number of benzene rings is 4. The maximum absolute atomic E-state index is 14.8. The number of unbranched alkanes of at least 4 members (excludes halogenated alkanes) is 2. The maximum Gasteiger partial charge on any atom is 0.432 e. The van der Waals surface area contributed by atoms with Crippen LogP contribution in [0.2, 0.25) is 0 Å². The first kappa shape index (κ1) is 63.7. The Bertz CT molecular complexity index is 2520. The third-order valence-electron chi connectivity index (χ3n) is 12.9. The van der Waals surface area contributed by atoms with E-state index >= 15 is 0 Å². The topological polar surface area (TPSA) is 187 Å². The summed E-state index contributed by atoms with van der Waals surface area (Å²) in [6.45, 7) is 8.25. The van der Waals surface area contributed by atoms with Crippen molar-refractivity contribution >= 4 is 35.6 Å². The Morgan fingerprint density at radius 1 is 0.513 bits per heavy atom. The van der Waals surface area contributed by atoms with E-state index < -0.39 is 114 Å². The van der Waals surface area contributed by atoms with Crippen molar-refractivity contribution in [2.24, 2.45) is 11.8 Å². The molecule has 0 radical (unpaired) electrons. The van der Waals surface area contributed by atoms with E-state index in [1.807, 2.05) is 6.92 Å². The number of amides is 4. The van der Waals surface area contributed by atoms with Gasteiger partial charge in [0, 0.05) is 31.8 Å². The largest absolute Gasteiger partial charge is 0.461 e. The molecule has 0 heterocycles. The van der Waals surface area contributed by atoms with Gasteiger partial charge in [0.05, 0.1) is 12.5 Å². The number of methoxy groups -OCH3 is 2. The zero-order valence-corrected chi connectivity index (χ0v) is 45.0. The average molecular weight is 1100 g/mol.